The number of carbonyl (C=O) groups is 2. The largest absolute Gasteiger partial charge is 0.366 e. The molecular formula is C15H21N3O2. The molecule has 2 amide bonds. The predicted molar refractivity (Wildman–Crippen MR) is 78.4 cm³/mol. The maximum Gasteiger partial charge on any atom is 0.248 e. The fourth-order valence-corrected chi connectivity index (χ4v) is 2.49. The summed E-state index contributed by atoms with van der Waals surface area (Å²) in [5.41, 5.74) is 6.27. The fourth-order valence-electron chi connectivity index (χ4n) is 2.49. The predicted octanol–water partition coefficient (Wildman–Crippen LogP) is 1.64. The maximum absolute atomic E-state index is 12.1. The third kappa shape index (κ3) is 3.81. The smallest absolute Gasteiger partial charge is 0.248 e. The number of hydrogen-bond acceptors (Lipinski definition) is 3. The molecule has 5 heteroatoms. The SMILES string of the molecule is C[C@@H](NC1CCCC1)C(=O)Nc1ccc(C(N)=O)cc1. The lowest BCUT2D eigenvalue weighted by atomic mass is 10.2. The first kappa shape index (κ1) is 14.5. The average Bonchev–Trinajstić information content (AvgIpc) is 2.92. The molecule has 0 spiro atoms. The van der Waals surface area contributed by atoms with Crippen LogP contribution in [-0.2, 0) is 4.79 Å². The van der Waals surface area contributed by atoms with Gasteiger partial charge in [-0.2, -0.15) is 0 Å². The standard InChI is InChI=1S/C15H21N3O2/c1-10(17-12-4-2-3-5-12)15(20)18-13-8-6-11(7-9-13)14(16)19/h6-10,12,17H,2-5H2,1H3,(H2,16,19)(H,18,20)/t10-/m1/s1. The zero-order chi connectivity index (χ0) is 14.5. The van der Waals surface area contributed by atoms with Crippen LogP contribution >= 0.6 is 0 Å². The number of nitrogens with two attached hydrogens (primary N) is 1. The van der Waals surface area contributed by atoms with Gasteiger partial charge in [-0.3, -0.25) is 9.59 Å². The molecule has 0 aliphatic heterocycles. The first-order valence-corrected chi connectivity index (χ1v) is 7.03. The van der Waals surface area contributed by atoms with Crippen LogP contribution in [0, 0.1) is 0 Å². The summed E-state index contributed by atoms with van der Waals surface area (Å²) in [6.45, 7) is 1.87. The van der Waals surface area contributed by atoms with Crippen molar-refractivity contribution >= 4 is 17.5 Å². The molecule has 1 fully saturated rings. The second kappa shape index (κ2) is 6.52. The van der Waals surface area contributed by atoms with E-state index >= 15 is 0 Å². The molecule has 5 nitrogen and oxygen atoms in total. The highest BCUT2D eigenvalue weighted by atomic mass is 16.2. The highest BCUT2D eigenvalue weighted by molar-refractivity contribution is 5.96. The normalized spacial score (nSPS) is 16.9. The van der Waals surface area contributed by atoms with E-state index in [4.69, 9.17) is 5.73 Å². The van der Waals surface area contributed by atoms with E-state index in [-0.39, 0.29) is 11.9 Å². The minimum Gasteiger partial charge on any atom is -0.366 e. The second-order valence-electron chi connectivity index (χ2n) is 5.30. The van der Waals surface area contributed by atoms with Crippen LogP contribution in [0.15, 0.2) is 24.3 Å². The van der Waals surface area contributed by atoms with Crippen LogP contribution < -0.4 is 16.4 Å². The van der Waals surface area contributed by atoms with Crippen LogP contribution in [-0.4, -0.2) is 23.9 Å². The summed E-state index contributed by atoms with van der Waals surface area (Å²) in [6.07, 6.45) is 4.76. The van der Waals surface area contributed by atoms with E-state index < -0.39 is 5.91 Å². The van der Waals surface area contributed by atoms with Gasteiger partial charge in [0.15, 0.2) is 0 Å². The van der Waals surface area contributed by atoms with Gasteiger partial charge in [-0.25, -0.2) is 0 Å². The number of rotatable bonds is 5. The van der Waals surface area contributed by atoms with Crippen molar-refractivity contribution in [3.63, 3.8) is 0 Å². The molecule has 108 valence electrons. The summed E-state index contributed by atoms with van der Waals surface area (Å²) in [5.74, 6) is -0.539. The van der Waals surface area contributed by atoms with Gasteiger partial charge in [0, 0.05) is 17.3 Å². The number of benzene rings is 1. The summed E-state index contributed by atoms with van der Waals surface area (Å²) in [7, 11) is 0. The van der Waals surface area contributed by atoms with Crippen molar-refractivity contribution in [3.8, 4) is 0 Å². The van der Waals surface area contributed by atoms with Gasteiger partial charge < -0.3 is 16.4 Å². The van der Waals surface area contributed by atoms with E-state index in [0.29, 0.717) is 17.3 Å². The molecule has 1 aliphatic carbocycles. The number of hydrogen-bond donors (Lipinski definition) is 3. The van der Waals surface area contributed by atoms with Crippen LogP contribution in [0.5, 0.6) is 0 Å². The Kier molecular flexibility index (Phi) is 4.74. The molecule has 0 heterocycles. The molecule has 4 N–H and O–H groups in total. The topological polar surface area (TPSA) is 84.2 Å². The van der Waals surface area contributed by atoms with Crippen LogP contribution in [0.4, 0.5) is 5.69 Å². The van der Waals surface area contributed by atoms with Crippen molar-refractivity contribution in [2.75, 3.05) is 5.32 Å². The zero-order valence-electron chi connectivity index (χ0n) is 11.7. The highest BCUT2D eigenvalue weighted by Gasteiger charge is 2.20. The van der Waals surface area contributed by atoms with Gasteiger partial charge in [-0.1, -0.05) is 12.8 Å². The lowest BCUT2D eigenvalue weighted by molar-refractivity contribution is -0.117. The van der Waals surface area contributed by atoms with E-state index in [2.05, 4.69) is 10.6 Å². The van der Waals surface area contributed by atoms with Crippen LogP contribution in [0.2, 0.25) is 0 Å². The van der Waals surface area contributed by atoms with Gasteiger partial charge in [0.1, 0.15) is 0 Å². The third-order valence-electron chi connectivity index (χ3n) is 3.67. The summed E-state index contributed by atoms with van der Waals surface area (Å²) in [5, 5.41) is 6.17. The maximum atomic E-state index is 12.1. The zero-order valence-corrected chi connectivity index (χ0v) is 11.7. The molecule has 0 saturated heterocycles. The lowest BCUT2D eigenvalue weighted by Crippen LogP contribution is -2.42. The molecule has 1 saturated carbocycles. The van der Waals surface area contributed by atoms with E-state index in [9.17, 15) is 9.59 Å². The van der Waals surface area contributed by atoms with Crippen LogP contribution in [0.3, 0.4) is 0 Å². The van der Waals surface area contributed by atoms with Crippen molar-refractivity contribution in [3.05, 3.63) is 29.8 Å². The quantitative estimate of drug-likeness (QED) is 0.764. The van der Waals surface area contributed by atoms with Crippen molar-refractivity contribution < 1.29 is 9.59 Å². The molecule has 1 aromatic carbocycles. The molecule has 1 atom stereocenters. The average molecular weight is 275 g/mol. The molecule has 1 aliphatic rings. The summed E-state index contributed by atoms with van der Waals surface area (Å²) in [4.78, 5) is 23.0. The van der Waals surface area contributed by atoms with Crippen LogP contribution in [0.1, 0.15) is 43.0 Å². The van der Waals surface area contributed by atoms with Crippen molar-refractivity contribution in [1.82, 2.24) is 5.32 Å². The Hall–Kier alpha value is -1.88. The van der Waals surface area contributed by atoms with Gasteiger partial charge in [0.05, 0.1) is 6.04 Å². The Morgan fingerprint density at radius 3 is 2.35 bits per heavy atom. The van der Waals surface area contributed by atoms with Gasteiger partial charge in [-0.05, 0) is 44.0 Å². The van der Waals surface area contributed by atoms with E-state index in [1.165, 1.54) is 12.8 Å². The number of primary amides is 1. The van der Waals surface area contributed by atoms with E-state index in [1.807, 2.05) is 6.92 Å². The first-order chi connectivity index (χ1) is 9.56. The highest BCUT2D eigenvalue weighted by Crippen LogP contribution is 2.18. The van der Waals surface area contributed by atoms with Crippen LogP contribution in [0.25, 0.3) is 0 Å². The molecule has 0 aromatic heterocycles. The number of nitrogens with one attached hydrogen (secondary N) is 2. The Labute approximate surface area is 118 Å². The monoisotopic (exact) mass is 275 g/mol. The number of amides is 2. The van der Waals surface area contributed by atoms with E-state index in [1.54, 1.807) is 24.3 Å². The van der Waals surface area contributed by atoms with Crippen molar-refractivity contribution in [2.24, 2.45) is 5.73 Å². The Morgan fingerprint density at radius 1 is 1.20 bits per heavy atom. The molecule has 2 rings (SSSR count). The molecule has 20 heavy (non-hydrogen) atoms. The second-order valence-corrected chi connectivity index (χ2v) is 5.30. The minimum atomic E-state index is -0.473. The summed E-state index contributed by atoms with van der Waals surface area (Å²) >= 11 is 0. The van der Waals surface area contributed by atoms with Gasteiger partial charge in [-0.15, -0.1) is 0 Å². The molecule has 0 bridgehead atoms. The first-order valence-electron chi connectivity index (χ1n) is 7.03. The van der Waals surface area contributed by atoms with Crippen molar-refractivity contribution in [2.45, 2.75) is 44.7 Å². The van der Waals surface area contributed by atoms with E-state index in [0.717, 1.165) is 12.8 Å². The third-order valence-corrected chi connectivity index (χ3v) is 3.67. The lowest BCUT2D eigenvalue weighted by Gasteiger charge is -2.18. The summed E-state index contributed by atoms with van der Waals surface area (Å²) in [6, 6.07) is 6.79. The number of carbonyl (C=O) groups excluding carboxylic acids is 2. The van der Waals surface area contributed by atoms with Gasteiger partial charge >= 0.3 is 0 Å². The molecular weight excluding hydrogens is 254 g/mol. The minimum absolute atomic E-state index is 0.0660. The van der Waals surface area contributed by atoms with Gasteiger partial charge in [0.25, 0.3) is 0 Å². The molecule has 0 unspecified atom stereocenters. The fraction of sp³-hybridized carbons (Fsp3) is 0.467. The molecule has 0 radical (unpaired) electrons. The summed E-state index contributed by atoms with van der Waals surface area (Å²) < 4.78 is 0. The van der Waals surface area contributed by atoms with Gasteiger partial charge in [0.2, 0.25) is 11.8 Å². The van der Waals surface area contributed by atoms with Crippen molar-refractivity contribution in [1.29, 1.82) is 0 Å². The Bertz CT molecular complexity index is 478. The Morgan fingerprint density at radius 2 is 1.80 bits per heavy atom. The molecule has 1 aromatic rings. The Balaban J connectivity index is 1.87. The number of anilines is 1.